The molecule has 6 nitrogen and oxygen atoms in total. The van der Waals surface area contributed by atoms with Crippen LogP contribution in [0.15, 0.2) is 103 Å². The molecule has 0 aliphatic heterocycles. The quantitative estimate of drug-likeness (QED) is 0.174. The van der Waals surface area contributed by atoms with Gasteiger partial charge in [0.1, 0.15) is 29.8 Å². The van der Waals surface area contributed by atoms with Gasteiger partial charge in [0.2, 0.25) is 0 Å². The van der Waals surface area contributed by atoms with Crippen LogP contribution in [-0.4, -0.2) is 11.9 Å². The second kappa shape index (κ2) is 10.9. The van der Waals surface area contributed by atoms with Crippen LogP contribution in [0.2, 0.25) is 0 Å². The molecule has 0 N–H and O–H groups in total. The fourth-order valence-corrected chi connectivity index (χ4v) is 2.41. The summed E-state index contributed by atoms with van der Waals surface area (Å²) < 4.78 is 20.8. The van der Waals surface area contributed by atoms with Crippen molar-refractivity contribution in [1.29, 1.82) is 0 Å². The Morgan fingerprint density at radius 1 is 0.781 bits per heavy atom. The summed E-state index contributed by atoms with van der Waals surface area (Å²) in [6.45, 7) is 6.65. The van der Waals surface area contributed by atoms with E-state index in [1.54, 1.807) is 42.5 Å². The summed E-state index contributed by atoms with van der Waals surface area (Å²) in [6.07, 6.45) is 4.55. The predicted molar refractivity (Wildman–Crippen MR) is 118 cm³/mol. The molecule has 6 heteroatoms. The lowest BCUT2D eigenvalue weighted by atomic mass is 10.2. The van der Waals surface area contributed by atoms with Crippen molar-refractivity contribution >= 4 is 11.9 Å². The number of hydrogen-bond acceptors (Lipinski definition) is 6. The summed E-state index contributed by atoms with van der Waals surface area (Å²) in [4.78, 5) is 22.1. The van der Waals surface area contributed by atoms with Crippen LogP contribution in [0.3, 0.4) is 0 Å². The number of esters is 2. The fourth-order valence-electron chi connectivity index (χ4n) is 2.41. The average molecular weight is 426 g/mol. The van der Waals surface area contributed by atoms with E-state index in [1.165, 1.54) is 6.26 Å². The number of furan rings is 1. The van der Waals surface area contributed by atoms with Crippen LogP contribution in [0.1, 0.15) is 11.3 Å². The molecule has 0 spiro atoms. The van der Waals surface area contributed by atoms with Gasteiger partial charge in [0.25, 0.3) is 0 Å². The zero-order valence-electron chi connectivity index (χ0n) is 16.9. The molecule has 0 saturated carbocycles. The molecule has 0 aliphatic carbocycles. The number of rotatable bonds is 7. The normalized spacial score (nSPS) is 10.0. The molecule has 0 saturated heterocycles. The molecular formula is C26H18O6. The summed E-state index contributed by atoms with van der Waals surface area (Å²) >= 11 is 0. The molecule has 0 aliphatic rings. The van der Waals surface area contributed by atoms with Gasteiger partial charge in [-0.05, 0) is 66.6 Å². The molecule has 2 aromatic carbocycles. The fraction of sp³-hybridized carbons (Fsp3) is 0. The Morgan fingerprint density at radius 2 is 1.47 bits per heavy atom. The molecule has 0 amide bonds. The average Bonchev–Trinajstić information content (AvgIpc) is 3.30. The summed E-state index contributed by atoms with van der Waals surface area (Å²) in [6, 6.07) is 17.6. The van der Waals surface area contributed by atoms with Crippen molar-refractivity contribution in [1.82, 2.24) is 0 Å². The SMILES string of the molecule is C=CC(=O)OC=COc1ccc(-c2ccc(C#Cc3ccc(OC(=O)C=C)cc3)o2)cc1. The minimum absolute atomic E-state index is 0.418. The van der Waals surface area contributed by atoms with Gasteiger partial charge in [-0.1, -0.05) is 19.1 Å². The van der Waals surface area contributed by atoms with Crippen molar-refractivity contribution in [3.8, 4) is 34.7 Å². The van der Waals surface area contributed by atoms with Gasteiger partial charge in [-0.25, -0.2) is 9.59 Å². The smallest absolute Gasteiger partial charge is 0.335 e. The Balaban J connectivity index is 1.60. The number of hydrogen-bond donors (Lipinski definition) is 0. The minimum Gasteiger partial charge on any atom is -0.462 e. The van der Waals surface area contributed by atoms with Crippen molar-refractivity contribution in [2.45, 2.75) is 0 Å². The van der Waals surface area contributed by atoms with Crippen molar-refractivity contribution < 1.29 is 28.2 Å². The molecule has 0 atom stereocenters. The molecule has 3 rings (SSSR count). The molecule has 32 heavy (non-hydrogen) atoms. The standard InChI is InChI=1S/C26H18O6/c1-3-25(27)30-18-17-29-21-13-8-20(9-14-21)24-16-15-22(31-24)10-5-19-6-11-23(12-7-19)32-26(28)4-2/h3-4,6-9,11-18H,1-2H2. The lowest BCUT2D eigenvalue weighted by Gasteiger charge is -2.01. The van der Waals surface area contributed by atoms with Crippen molar-refractivity contribution in [2.24, 2.45) is 0 Å². The zero-order valence-corrected chi connectivity index (χ0v) is 16.9. The number of carbonyl (C=O) groups excluding carboxylic acids is 2. The summed E-state index contributed by atoms with van der Waals surface area (Å²) in [5, 5.41) is 0. The van der Waals surface area contributed by atoms with Gasteiger partial charge in [0, 0.05) is 23.3 Å². The molecule has 0 unspecified atom stereocenters. The molecule has 3 aromatic rings. The van der Waals surface area contributed by atoms with Gasteiger partial charge < -0.3 is 18.6 Å². The topological polar surface area (TPSA) is 75.0 Å². The van der Waals surface area contributed by atoms with E-state index in [1.807, 2.05) is 18.2 Å². The predicted octanol–water partition coefficient (Wildman–Crippen LogP) is 5.02. The van der Waals surface area contributed by atoms with Crippen LogP contribution in [0.4, 0.5) is 0 Å². The Kier molecular flexibility index (Phi) is 7.44. The minimum atomic E-state index is -0.567. The summed E-state index contributed by atoms with van der Waals surface area (Å²) in [5.41, 5.74) is 1.59. The van der Waals surface area contributed by atoms with E-state index >= 15 is 0 Å². The third-order valence-electron chi connectivity index (χ3n) is 3.92. The van der Waals surface area contributed by atoms with E-state index in [-0.39, 0.29) is 0 Å². The largest absolute Gasteiger partial charge is 0.462 e. The van der Waals surface area contributed by atoms with Gasteiger partial charge in [0.15, 0.2) is 5.76 Å². The first-order valence-corrected chi connectivity index (χ1v) is 9.38. The van der Waals surface area contributed by atoms with Crippen LogP contribution in [-0.2, 0) is 14.3 Å². The highest BCUT2D eigenvalue weighted by Crippen LogP contribution is 2.24. The highest BCUT2D eigenvalue weighted by Gasteiger charge is 2.04. The molecule has 0 radical (unpaired) electrons. The maximum atomic E-state index is 11.2. The summed E-state index contributed by atoms with van der Waals surface area (Å²) in [7, 11) is 0. The molecule has 0 fully saturated rings. The van der Waals surface area contributed by atoms with Crippen LogP contribution in [0.25, 0.3) is 11.3 Å². The van der Waals surface area contributed by atoms with Crippen molar-refractivity contribution in [2.75, 3.05) is 0 Å². The van der Waals surface area contributed by atoms with E-state index in [0.717, 1.165) is 29.5 Å². The van der Waals surface area contributed by atoms with Gasteiger partial charge in [-0.2, -0.15) is 0 Å². The maximum Gasteiger partial charge on any atom is 0.335 e. The van der Waals surface area contributed by atoms with Gasteiger partial charge in [-0.3, -0.25) is 0 Å². The highest BCUT2D eigenvalue weighted by atomic mass is 16.5. The Bertz CT molecular complexity index is 1200. The van der Waals surface area contributed by atoms with E-state index in [9.17, 15) is 9.59 Å². The van der Waals surface area contributed by atoms with Gasteiger partial charge in [0.05, 0.1) is 0 Å². The molecule has 1 aromatic heterocycles. The lowest BCUT2D eigenvalue weighted by Crippen LogP contribution is -2.02. The van der Waals surface area contributed by atoms with E-state index in [0.29, 0.717) is 23.0 Å². The second-order valence-electron chi connectivity index (χ2n) is 6.12. The number of ether oxygens (including phenoxy) is 3. The monoisotopic (exact) mass is 426 g/mol. The van der Waals surface area contributed by atoms with Crippen molar-refractivity contribution in [3.05, 3.63) is 110 Å². The zero-order chi connectivity index (χ0) is 22.8. The Hall–Kier alpha value is -4.76. The number of benzene rings is 2. The van der Waals surface area contributed by atoms with E-state index in [4.69, 9.17) is 13.9 Å². The van der Waals surface area contributed by atoms with Crippen molar-refractivity contribution in [3.63, 3.8) is 0 Å². The first kappa shape index (κ1) is 21.9. The van der Waals surface area contributed by atoms with E-state index < -0.39 is 11.9 Å². The first-order chi connectivity index (χ1) is 15.6. The Labute approximate surface area is 185 Å². The van der Waals surface area contributed by atoms with Crippen LogP contribution in [0.5, 0.6) is 11.5 Å². The number of carbonyl (C=O) groups is 2. The highest BCUT2D eigenvalue weighted by molar-refractivity contribution is 5.83. The van der Waals surface area contributed by atoms with Crippen LogP contribution >= 0.6 is 0 Å². The lowest BCUT2D eigenvalue weighted by molar-refractivity contribution is -0.132. The van der Waals surface area contributed by atoms with Crippen LogP contribution in [0, 0.1) is 11.8 Å². The maximum absolute atomic E-state index is 11.2. The first-order valence-electron chi connectivity index (χ1n) is 9.38. The molecule has 1 heterocycles. The molecular weight excluding hydrogens is 408 g/mol. The molecule has 0 bridgehead atoms. The molecule has 158 valence electrons. The van der Waals surface area contributed by atoms with Gasteiger partial charge in [-0.15, -0.1) is 0 Å². The Morgan fingerprint density at radius 3 is 2.16 bits per heavy atom. The second-order valence-corrected chi connectivity index (χ2v) is 6.12. The summed E-state index contributed by atoms with van der Waals surface area (Å²) in [5.74, 6) is 7.02. The van der Waals surface area contributed by atoms with Gasteiger partial charge >= 0.3 is 11.9 Å². The van der Waals surface area contributed by atoms with Crippen LogP contribution < -0.4 is 9.47 Å². The third kappa shape index (κ3) is 6.37. The van der Waals surface area contributed by atoms with E-state index in [2.05, 4.69) is 29.7 Å². The third-order valence-corrected chi connectivity index (χ3v) is 3.92.